The van der Waals surface area contributed by atoms with Crippen molar-refractivity contribution >= 4 is 11.8 Å². The number of hydrogen-bond donors (Lipinski definition) is 1. The van der Waals surface area contributed by atoms with Crippen molar-refractivity contribution in [3.8, 4) is 0 Å². The van der Waals surface area contributed by atoms with Crippen LogP contribution in [0.3, 0.4) is 0 Å². The molecule has 0 saturated carbocycles. The van der Waals surface area contributed by atoms with E-state index in [1.54, 1.807) is 18.0 Å². The largest absolute Gasteiger partial charge is 0.392 e. The SMILES string of the molecule is Cc1ccc(Sc2ncc(CO)cc2C)cc1. The molecule has 17 heavy (non-hydrogen) atoms. The predicted molar refractivity (Wildman–Crippen MR) is 70.2 cm³/mol. The summed E-state index contributed by atoms with van der Waals surface area (Å²) in [5.74, 6) is 0. The van der Waals surface area contributed by atoms with E-state index in [9.17, 15) is 0 Å². The summed E-state index contributed by atoms with van der Waals surface area (Å²) in [4.78, 5) is 5.55. The van der Waals surface area contributed by atoms with Gasteiger partial charge in [-0.05, 0) is 43.2 Å². The molecule has 0 amide bonds. The van der Waals surface area contributed by atoms with Gasteiger partial charge < -0.3 is 5.11 Å². The van der Waals surface area contributed by atoms with Gasteiger partial charge in [-0.2, -0.15) is 0 Å². The maximum atomic E-state index is 9.03. The smallest absolute Gasteiger partial charge is 0.104 e. The van der Waals surface area contributed by atoms with Crippen LogP contribution in [0.1, 0.15) is 16.7 Å². The molecule has 2 nitrogen and oxygen atoms in total. The maximum Gasteiger partial charge on any atom is 0.104 e. The molecule has 1 heterocycles. The van der Waals surface area contributed by atoms with E-state index in [2.05, 4.69) is 36.2 Å². The Labute approximate surface area is 106 Å². The number of benzene rings is 1. The molecule has 0 fully saturated rings. The van der Waals surface area contributed by atoms with Gasteiger partial charge in [0.15, 0.2) is 0 Å². The first kappa shape index (κ1) is 12.1. The molecular formula is C14H15NOS. The first-order chi connectivity index (χ1) is 8.19. The molecule has 1 aromatic carbocycles. The average molecular weight is 245 g/mol. The Morgan fingerprint density at radius 2 is 1.88 bits per heavy atom. The summed E-state index contributed by atoms with van der Waals surface area (Å²) in [7, 11) is 0. The number of aliphatic hydroxyl groups excluding tert-OH is 1. The van der Waals surface area contributed by atoms with Crippen molar-refractivity contribution in [3.63, 3.8) is 0 Å². The summed E-state index contributed by atoms with van der Waals surface area (Å²) in [6, 6.07) is 10.4. The zero-order valence-corrected chi connectivity index (χ0v) is 10.8. The Morgan fingerprint density at radius 3 is 2.47 bits per heavy atom. The first-order valence-electron chi connectivity index (χ1n) is 5.50. The molecule has 0 radical (unpaired) electrons. The molecule has 0 saturated heterocycles. The first-order valence-corrected chi connectivity index (χ1v) is 6.31. The molecule has 0 spiro atoms. The molecule has 88 valence electrons. The third-order valence-electron chi connectivity index (χ3n) is 2.50. The van der Waals surface area contributed by atoms with Crippen LogP contribution in [0.5, 0.6) is 0 Å². The molecule has 3 heteroatoms. The van der Waals surface area contributed by atoms with Crippen molar-refractivity contribution in [2.75, 3.05) is 0 Å². The molecule has 0 aliphatic heterocycles. The van der Waals surface area contributed by atoms with Crippen LogP contribution in [0.25, 0.3) is 0 Å². The van der Waals surface area contributed by atoms with E-state index in [-0.39, 0.29) is 6.61 Å². The summed E-state index contributed by atoms with van der Waals surface area (Å²) in [6.45, 7) is 4.14. The minimum Gasteiger partial charge on any atom is -0.392 e. The van der Waals surface area contributed by atoms with Crippen molar-refractivity contribution in [1.29, 1.82) is 0 Å². The highest BCUT2D eigenvalue weighted by molar-refractivity contribution is 7.99. The van der Waals surface area contributed by atoms with Crippen molar-refractivity contribution in [2.45, 2.75) is 30.4 Å². The lowest BCUT2D eigenvalue weighted by molar-refractivity contribution is 0.281. The number of aliphatic hydroxyl groups is 1. The van der Waals surface area contributed by atoms with E-state index in [1.165, 1.54) is 10.5 Å². The minimum atomic E-state index is 0.0450. The van der Waals surface area contributed by atoms with Gasteiger partial charge in [-0.1, -0.05) is 29.5 Å². The van der Waals surface area contributed by atoms with Gasteiger partial charge in [-0.25, -0.2) is 4.98 Å². The van der Waals surface area contributed by atoms with Crippen molar-refractivity contribution < 1.29 is 5.11 Å². The third kappa shape index (κ3) is 3.08. The quantitative estimate of drug-likeness (QED) is 0.900. The zero-order chi connectivity index (χ0) is 12.3. The molecule has 0 atom stereocenters. The van der Waals surface area contributed by atoms with E-state index >= 15 is 0 Å². The summed E-state index contributed by atoms with van der Waals surface area (Å²) in [6.07, 6.45) is 1.73. The fraction of sp³-hybridized carbons (Fsp3) is 0.214. The van der Waals surface area contributed by atoms with Crippen molar-refractivity contribution in [2.24, 2.45) is 0 Å². The molecule has 0 bridgehead atoms. The minimum absolute atomic E-state index is 0.0450. The molecule has 2 rings (SSSR count). The van der Waals surface area contributed by atoms with Gasteiger partial charge in [0.25, 0.3) is 0 Å². The van der Waals surface area contributed by atoms with Crippen LogP contribution in [0, 0.1) is 13.8 Å². The topological polar surface area (TPSA) is 33.1 Å². The van der Waals surface area contributed by atoms with Gasteiger partial charge in [-0.3, -0.25) is 0 Å². The third-order valence-corrected chi connectivity index (χ3v) is 3.63. The second kappa shape index (κ2) is 5.34. The van der Waals surface area contributed by atoms with Gasteiger partial charge in [0, 0.05) is 11.1 Å². The second-order valence-corrected chi connectivity index (χ2v) is 5.10. The second-order valence-electron chi connectivity index (χ2n) is 4.04. The van der Waals surface area contributed by atoms with Gasteiger partial charge in [-0.15, -0.1) is 0 Å². The number of aryl methyl sites for hydroxylation is 2. The monoisotopic (exact) mass is 245 g/mol. The number of hydrogen-bond acceptors (Lipinski definition) is 3. The average Bonchev–Trinajstić information content (AvgIpc) is 2.34. The Morgan fingerprint density at radius 1 is 1.18 bits per heavy atom. The van der Waals surface area contributed by atoms with Crippen LogP contribution in [-0.2, 0) is 6.61 Å². The highest BCUT2D eigenvalue weighted by Crippen LogP contribution is 2.28. The molecule has 0 aliphatic rings. The molecular weight excluding hydrogens is 230 g/mol. The fourth-order valence-corrected chi connectivity index (χ4v) is 2.35. The summed E-state index contributed by atoms with van der Waals surface area (Å²) in [5.41, 5.74) is 3.22. The van der Waals surface area contributed by atoms with Crippen LogP contribution < -0.4 is 0 Å². The summed E-state index contributed by atoms with van der Waals surface area (Å²) < 4.78 is 0. The van der Waals surface area contributed by atoms with E-state index < -0.39 is 0 Å². The molecule has 0 aliphatic carbocycles. The van der Waals surface area contributed by atoms with Crippen LogP contribution in [0.15, 0.2) is 46.5 Å². The Hall–Kier alpha value is -1.32. The van der Waals surface area contributed by atoms with E-state index in [1.807, 2.05) is 13.0 Å². The molecule has 1 aromatic heterocycles. The van der Waals surface area contributed by atoms with Gasteiger partial charge in [0.2, 0.25) is 0 Å². The van der Waals surface area contributed by atoms with E-state index in [0.29, 0.717) is 0 Å². The molecule has 2 aromatic rings. The molecule has 1 N–H and O–H groups in total. The van der Waals surface area contributed by atoms with Crippen LogP contribution in [0.2, 0.25) is 0 Å². The van der Waals surface area contributed by atoms with Crippen LogP contribution >= 0.6 is 11.8 Å². The Balaban J connectivity index is 2.21. The predicted octanol–water partition coefficient (Wildman–Crippen LogP) is 3.34. The lowest BCUT2D eigenvalue weighted by Crippen LogP contribution is -1.90. The van der Waals surface area contributed by atoms with Crippen molar-refractivity contribution in [3.05, 3.63) is 53.2 Å². The Kier molecular flexibility index (Phi) is 3.82. The van der Waals surface area contributed by atoms with E-state index in [0.717, 1.165) is 16.2 Å². The number of pyridine rings is 1. The zero-order valence-electron chi connectivity index (χ0n) is 9.97. The maximum absolute atomic E-state index is 9.03. The van der Waals surface area contributed by atoms with Gasteiger partial charge >= 0.3 is 0 Å². The van der Waals surface area contributed by atoms with Crippen LogP contribution in [-0.4, -0.2) is 10.1 Å². The summed E-state index contributed by atoms with van der Waals surface area (Å²) in [5, 5.41) is 10.0. The Bertz CT molecular complexity index is 508. The normalized spacial score (nSPS) is 10.5. The molecule has 0 unspecified atom stereocenters. The highest BCUT2D eigenvalue weighted by Gasteiger charge is 2.03. The fourth-order valence-electron chi connectivity index (χ4n) is 1.53. The lowest BCUT2D eigenvalue weighted by atomic mass is 10.2. The number of aromatic nitrogens is 1. The lowest BCUT2D eigenvalue weighted by Gasteiger charge is -2.06. The highest BCUT2D eigenvalue weighted by atomic mass is 32.2. The van der Waals surface area contributed by atoms with Gasteiger partial charge in [0.1, 0.15) is 5.03 Å². The summed E-state index contributed by atoms with van der Waals surface area (Å²) >= 11 is 1.65. The number of nitrogens with zero attached hydrogens (tertiary/aromatic N) is 1. The van der Waals surface area contributed by atoms with Gasteiger partial charge in [0.05, 0.1) is 6.61 Å². The van der Waals surface area contributed by atoms with E-state index in [4.69, 9.17) is 5.11 Å². The standard InChI is InChI=1S/C14H15NOS/c1-10-3-5-13(6-4-10)17-14-11(2)7-12(9-16)8-15-14/h3-8,16H,9H2,1-2H3. The van der Waals surface area contributed by atoms with Crippen molar-refractivity contribution in [1.82, 2.24) is 4.98 Å². The van der Waals surface area contributed by atoms with Crippen LogP contribution in [0.4, 0.5) is 0 Å². The number of rotatable bonds is 3.